The zero-order valence-electron chi connectivity index (χ0n) is 12.5. The lowest BCUT2D eigenvalue weighted by Gasteiger charge is -2.17. The minimum Gasteiger partial charge on any atom is -0.480 e. The molecule has 1 aliphatic rings. The van der Waals surface area contributed by atoms with E-state index in [9.17, 15) is 18.0 Å². The maximum atomic E-state index is 11.9. The Morgan fingerprint density at radius 3 is 2.92 bits per heavy atom. The van der Waals surface area contributed by atoms with E-state index in [-0.39, 0.29) is 42.9 Å². The average molecular weight is 355 g/mol. The van der Waals surface area contributed by atoms with Crippen LogP contribution in [0.3, 0.4) is 0 Å². The Morgan fingerprint density at radius 2 is 2.17 bits per heavy atom. The second-order valence-corrected chi connectivity index (χ2v) is 6.61. The number of pyridine rings is 1. The second kappa shape index (κ2) is 6.09. The Hall–Kier alpha value is -2.66. The summed E-state index contributed by atoms with van der Waals surface area (Å²) in [4.78, 5) is 27.4. The third-order valence-corrected chi connectivity index (χ3v) is 3.64. The quantitative estimate of drug-likeness (QED) is 0.722. The molecule has 1 aliphatic heterocycles. The van der Waals surface area contributed by atoms with E-state index in [1.807, 2.05) is 0 Å². The first kappa shape index (κ1) is 16.2. The largest absolute Gasteiger partial charge is 0.480 e. The molecular formula is C13H13N3O7S. The van der Waals surface area contributed by atoms with Crippen LogP contribution in [0.4, 0.5) is 5.82 Å². The molecule has 0 bridgehead atoms. The van der Waals surface area contributed by atoms with E-state index in [2.05, 4.69) is 14.5 Å². The van der Waals surface area contributed by atoms with Crippen molar-refractivity contribution in [3.63, 3.8) is 0 Å². The third-order valence-electron chi connectivity index (χ3n) is 3.04. The van der Waals surface area contributed by atoms with Gasteiger partial charge in [0.05, 0.1) is 19.1 Å². The molecule has 0 aromatic carbocycles. The van der Waals surface area contributed by atoms with E-state index in [1.165, 1.54) is 12.3 Å². The molecule has 1 amide bonds. The highest BCUT2D eigenvalue weighted by Gasteiger charge is 2.19. The highest BCUT2D eigenvalue weighted by molar-refractivity contribution is 7.85. The van der Waals surface area contributed by atoms with Crippen LogP contribution in [0.1, 0.15) is 5.76 Å². The molecule has 0 aliphatic carbocycles. The predicted octanol–water partition coefficient (Wildman–Crippen LogP) is -0.325. The van der Waals surface area contributed by atoms with Crippen molar-refractivity contribution in [3.8, 4) is 11.6 Å². The number of aromatic nitrogens is 2. The summed E-state index contributed by atoms with van der Waals surface area (Å²) in [6.07, 6.45) is 2.41. The van der Waals surface area contributed by atoms with Crippen molar-refractivity contribution >= 4 is 21.8 Å². The molecule has 11 heteroatoms. The number of ether oxygens (including phenoxy) is 1. The lowest BCUT2D eigenvalue weighted by atomic mass is 10.3. The predicted molar refractivity (Wildman–Crippen MR) is 80.7 cm³/mol. The minimum absolute atomic E-state index is 0.0931. The number of amides is 1. The number of carbonyl (C=O) groups is 1. The summed E-state index contributed by atoms with van der Waals surface area (Å²) in [5.41, 5.74) is 0. The maximum absolute atomic E-state index is 11.9. The molecule has 0 fully saturated rings. The first-order valence-corrected chi connectivity index (χ1v) is 8.63. The fourth-order valence-corrected chi connectivity index (χ4v) is 2.43. The summed E-state index contributed by atoms with van der Waals surface area (Å²) in [5, 5.41) is 2.54. The van der Waals surface area contributed by atoms with Crippen LogP contribution >= 0.6 is 0 Å². The van der Waals surface area contributed by atoms with Crippen molar-refractivity contribution in [2.24, 2.45) is 0 Å². The summed E-state index contributed by atoms with van der Waals surface area (Å²) >= 11 is 0. The molecule has 0 atom stereocenters. The molecule has 3 rings (SSSR count). The lowest BCUT2D eigenvalue weighted by molar-refractivity contribution is -0.118. The van der Waals surface area contributed by atoms with Crippen molar-refractivity contribution in [1.82, 2.24) is 9.55 Å². The molecule has 0 spiro atoms. The molecule has 0 saturated carbocycles. The number of carbonyl (C=O) groups excluding carboxylic acids is 1. The minimum atomic E-state index is -3.56. The Labute approximate surface area is 136 Å². The standard InChI is InChI=1S/C13H13N3O7S/c1-24(19,20)22-5-4-8-6-16(13(18)23-8)10-3-2-9-12(14-10)15-11(17)7-21-9/h2-3,6H,4-5,7H2,1H3,(H,14,15,17). The molecule has 2 aromatic rings. The van der Waals surface area contributed by atoms with Crippen molar-refractivity contribution in [2.75, 3.05) is 24.8 Å². The summed E-state index contributed by atoms with van der Waals surface area (Å²) in [6.45, 7) is -0.239. The fraction of sp³-hybridized carbons (Fsp3) is 0.308. The summed E-state index contributed by atoms with van der Waals surface area (Å²) in [7, 11) is -3.56. The van der Waals surface area contributed by atoms with Gasteiger partial charge in [-0.2, -0.15) is 8.42 Å². The van der Waals surface area contributed by atoms with E-state index in [0.29, 0.717) is 5.75 Å². The zero-order chi connectivity index (χ0) is 17.3. The Morgan fingerprint density at radius 1 is 1.38 bits per heavy atom. The van der Waals surface area contributed by atoms with E-state index >= 15 is 0 Å². The number of rotatable bonds is 5. The smallest absolute Gasteiger partial charge is 0.424 e. The van der Waals surface area contributed by atoms with Gasteiger partial charge < -0.3 is 14.5 Å². The van der Waals surface area contributed by atoms with E-state index in [0.717, 1.165) is 10.8 Å². The number of nitrogens with one attached hydrogen (secondary N) is 1. The number of fused-ring (bicyclic) bond motifs is 1. The third kappa shape index (κ3) is 3.63. The SMILES string of the molecule is CS(=O)(=O)OCCc1cn(-c2ccc3c(n2)NC(=O)CO3)c(=O)o1. The van der Waals surface area contributed by atoms with E-state index in [4.69, 9.17) is 9.15 Å². The van der Waals surface area contributed by atoms with Gasteiger partial charge in [-0.15, -0.1) is 0 Å². The van der Waals surface area contributed by atoms with Gasteiger partial charge in [0.15, 0.2) is 18.2 Å². The molecular weight excluding hydrogens is 342 g/mol. The molecule has 0 saturated heterocycles. The fourth-order valence-electron chi connectivity index (χ4n) is 2.04. The van der Waals surface area contributed by atoms with E-state index in [1.54, 1.807) is 6.07 Å². The molecule has 1 N–H and O–H groups in total. The van der Waals surface area contributed by atoms with Gasteiger partial charge in [0.2, 0.25) is 0 Å². The van der Waals surface area contributed by atoms with Crippen LogP contribution in [-0.2, 0) is 25.5 Å². The average Bonchev–Trinajstić information content (AvgIpc) is 2.86. The molecule has 0 radical (unpaired) electrons. The van der Waals surface area contributed by atoms with Crippen LogP contribution in [0.5, 0.6) is 5.75 Å². The van der Waals surface area contributed by atoms with Gasteiger partial charge >= 0.3 is 5.76 Å². The van der Waals surface area contributed by atoms with Crippen LogP contribution in [0, 0.1) is 0 Å². The topological polar surface area (TPSA) is 130 Å². The number of anilines is 1. The van der Waals surface area contributed by atoms with Crippen molar-refractivity contribution < 1.29 is 26.5 Å². The van der Waals surface area contributed by atoms with Crippen molar-refractivity contribution in [2.45, 2.75) is 6.42 Å². The lowest BCUT2D eigenvalue weighted by Crippen LogP contribution is -2.26. The highest BCUT2D eigenvalue weighted by atomic mass is 32.2. The van der Waals surface area contributed by atoms with Crippen LogP contribution in [0.2, 0.25) is 0 Å². The van der Waals surface area contributed by atoms with Gasteiger partial charge in [0.25, 0.3) is 16.0 Å². The molecule has 128 valence electrons. The van der Waals surface area contributed by atoms with Crippen LogP contribution in [0.15, 0.2) is 27.5 Å². The van der Waals surface area contributed by atoms with Gasteiger partial charge in [0, 0.05) is 6.42 Å². The second-order valence-electron chi connectivity index (χ2n) is 4.96. The van der Waals surface area contributed by atoms with E-state index < -0.39 is 15.9 Å². The highest BCUT2D eigenvalue weighted by Crippen LogP contribution is 2.26. The Balaban J connectivity index is 1.81. The molecule has 2 aromatic heterocycles. The Kier molecular flexibility index (Phi) is 4.11. The Bertz CT molecular complexity index is 945. The van der Waals surface area contributed by atoms with Gasteiger partial charge in [0.1, 0.15) is 11.6 Å². The zero-order valence-corrected chi connectivity index (χ0v) is 13.3. The van der Waals surface area contributed by atoms with Gasteiger partial charge in [-0.1, -0.05) is 0 Å². The number of hydrogen-bond acceptors (Lipinski definition) is 8. The van der Waals surface area contributed by atoms with Gasteiger partial charge in [-0.3, -0.25) is 8.98 Å². The van der Waals surface area contributed by atoms with Crippen molar-refractivity contribution in [3.05, 3.63) is 34.6 Å². The number of oxazole rings is 1. The summed E-state index contributed by atoms with van der Waals surface area (Å²) in [5.74, 6) is 0.0349. The van der Waals surface area contributed by atoms with Crippen LogP contribution in [0.25, 0.3) is 5.82 Å². The van der Waals surface area contributed by atoms with Crippen LogP contribution in [-0.4, -0.2) is 43.3 Å². The van der Waals surface area contributed by atoms with Gasteiger partial charge in [-0.05, 0) is 12.1 Å². The molecule has 0 unspecified atom stereocenters. The first-order chi connectivity index (χ1) is 11.3. The monoisotopic (exact) mass is 355 g/mol. The number of hydrogen-bond donors (Lipinski definition) is 1. The summed E-state index contributed by atoms with van der Waals surface area (Å²) < 4.78 is 37.7. The summed E-state index contributed by atoms with van der Waals surface area (Å²) in [6, 6.07) is 3.10. The molecule has 3 heterocycles. The normalized spacial score (nSPS) is 14.0. The van der Waals surface area contributed by atoms with Crippen molar-refractivity contribution in [1.29, 1.82) is 0 Å². The van der Waals surface area contributed by atoms with Crippen LogP contribution < -0.4 is 15.8 Å². The molecule has 24 heavy (non-hydrogen) atoms. The first-order valence-electron chi connectivity index (χ1n) is 6.82. The maximum Gasteiger partial charge on any atom is 0.424 e. The molecule has 10 nitrogen and oxygen atoms in total. The van der Waals surface area contributed by atoms with Gasteiger partial charge in [-0.25, -0.2) is 14.3 Å². The number of nitrogens with zero attached hydrogens (tertiary/aromatic N) is 2.